The molecule has 5 aromatic carbocycles. The minimum Gasteiger partial charge on any atom is -0.317 e. The van der Waals surface area contributed by atoms with Crippen molar-refractivity contribution in [2.75, 3.05) is 0 Å². The molecule has 0 spiro atoms. The molecule has 0 bridgehead atoms. The van der Waals surface area contributed by atoms with Gasteiger partial charge in [0.1, 0.15) is 0 Å². The molecule has 0 aliphatic heterocycles. The van der Waals surface area contributed by atoms with Crippen LogP contribution in [-0.2, 0) is 0 Å². The predicted octanol–water partition coefficient (Wildman–Crippen LogP) is 10.1. The Kier molecular flexibility index (Phi) is 5.71. The maximum Gasteiger partial charge on any atom is 0.0528 e. The Morgan fingerprint density at radius 1 is 0.400 bits per heavy atom. The Morgan fingerprint density at radius 3 is 1.20 bits per heavy atom. The van der Waals surface area contributed by atoms with Crippen molar-refractivity contribution in [3.05, 3.63) is 144 Å². The SMILES string of the molecule is Cc1ccc(-n2ccc3cc(-c4cc(C)c(-c5ccc6c(ccn6-c6ccc(C)cc6)c5)cc4C)ccc32)cc1. The first-order valence-corrected chi connectivity index (χ1v) is 13.9. The number of benzene rings is 5. The molecule has 0 aliphatic rings. The van der Waals surface area contributed by atoms with Crippen molar-refractivity contribution < 1.29 is 0 Å². The lowest BCUT2D eigenvalue weighted by molar-refractivity contribution is 1.12. The largest absolute Gasteiger partial charge is 0.317 e. The first-order valence-electron chi connectivity index (χ1n) is 13.9. The van der Waals surface area contributed by atoms with Gasteiger partial charge in [0.2, 0.25) is 0 Å². The zero-order valence-electron chi connectivity index (χ0n) is 23.4. The number of rotatable bonds is 4. The first-order chi connectivity index (χ1) is 19.4. The van der Waals surface area contributed by atoms with E-state index >= 15 is 0 Å². The molecule has 0 saturated heterocycles. The molecule has 2 heterocycles. The average molecular weight is 517 g/mol. The van der Waals surface area contributed by atoms with Crippen molar-refractivity contribution in [3.63, 3.8) is 0 Å². The summed E-state index contributed by atoms with van der Waals surface area (Å²) in [5, 5.41) is 2.51. The molecule has 194 valence electrons. The lowest BCUT2D eigenvalue weighted by Crippen LogP contribution is -1.93. The van der Waals surface area contributed by atoms with Gasteiger partial charge in [-0.3, -0.25) is 0 Å². The number of hydrogen-bond acceptors (Lipinski definition) is 0. The summed E-state index contributed by atoms with van der Waals surface area (Å²) in [5.41, 5.74) is 15.1. The van der Waals surface area contributed by atoms with Gasteiger partial charge in [-0.05, 0) is 122 Å². The summed E-state index contributed by atoms with van der Waals surface area (Å²) in [6, 6.07) is 40.2. The molecule has 7 aromatic rings. The Labute approximate surface area is 235 Å². The second-order valence-electron chi connectivity index (χ2n) is 11.1. The molecule has 0 unspecified atom stereocenters. The molecular weight excluding hydrogens is 484 g/mol. The molecule has 40 heavy (non-hydrogen) atoms. The van der Waals surface area contributed by atoms with Crippen LogP contribution < -0.4 is 0 Å². The van der Waals surface area contributed by atoms with Crippen LogP contribution in [0.5, 0.6) is 0 Å². The van der Waals surface area contributed by atoms with E-state index < -0.39 is 0 Å². The first kappa shape index (κ1) is 24.2. The van der Waals surface area contributed by atoms with Gasteiger partial charge in [-0.2, -0.15) is 0 Å². The summed E-state index contributed by atoms with van der Waals surface area (Å²) >= 11 is 0. The Bertz CT molecular complexity index is 1870. The highest BCUT2D eigenvalue weighted by atomic mass is 15.0. The number of hydrogen-bond donors (Lipinski definition) is 0. The lowest BCUT2D eigenvalue weighted by Gasteiger charge is -2.14. The van der Waals surface area contributed by atoms with Crippen molar-refractivity contribution in [1.29, 1.82) is 0 Å². The number of nitrogens with zero attached hydrogens (tertiary/aromatic N) is 2. The van der Waals surface area contributed by atoms with Gasteiger partial charge in [0.05, 0.1) is 11.0 Å². The summed E-state index contributed by atoms with van der Waals surface area (Å²) in [6.45, 7) is 8.71. The van der Waals surface area contributed by atoms with Gasteiger partial charge in [0.25, 0.3) is 0 Å². The average Bonchev–Trinajstić information content (AvgIpc) is 3.59. The van der Waals surface area contributed by atoms with Crippen LogP contribution >= 0.6 is 0 Å². The number of aryl methyl sites for hydroxylation is 4. The quantitative estimate of drug-likeness (QED) is 0.220. The predicted molar refractivity (Wildman–Crippen MR) is 170 cm³/mol. The zero-order valence-corrected chi connectivity index (χ0v) is 23.4. The van der Waals surface area contributed by atoms with Crippen LogP contribution in [0, 0.1) is 27.7 Å². The molecule has 0 radical (unpaired) electrons. The maximum absolute atomic E-state index is 2.35. The van der Waals surface area contributed by atoms with E-state index in [1.165, 1.54) is 77.7 Å². The van der Waals surface area contributed by atoms with E-state index in [1.54, 1.807) is 0 Å². The van der Waals surface area contributed by atoms with Crippen LogP contribution in [0.15, 0.2) is 122 Å². The third kappa shape index (κ3) is 4.13. The van der Waals surface area contributed by atoms with Gasteiger partial charge >= 0.3 is 0 Å². The standard InChI is InChI=1S/C38H32N2/c1-25-5-11-33(12-6-25)39-19-17-31-23-29(9-15-37(31)39)35-21-28(4)36(22-27(35)3)30-10-16-38-32(24-30)18-20-40(38)34-13-7-26(2)8-14-34/h5-24H,1-4H3. The van der Waals surface area contributed by atoms with Gasteiger partial charge in [0, 0.05) is 34.5 Å². The van der Waals surface area contributed by atoms with Crippen molar-refractivity contribution >= 4 is 21.8 Å². The van der Waals surface area contributed by atoms with Gasteiger partial charge in [-0.1, -0.05) is 59.7 Å². The summed E-state index contributed by atoms with van der Waals surface area (Å²) < 4.78 is 4.53. The van der Waals surface area contributed by atoms with Crippen LogP contribution in [0.25, 0.3) is 55.4 Å². The molecule has 0 fully saturated rings. The van der Waals surface area contributed by atoms with Crippen molar-refractivity contribution in [1.82, 2.24) is 9.13 Å². The summed E-state index contributed by atoms with van der Waals surface area (Å²) in [5.74, 6) is 0. The fourth-order valence-electron chi connectivity index (χ4n) is 5.92. The fraction of sp³-hybridized carbons (Fsp3) is 0.105. The maximum atomic E-state index is 2.35. The zero-order chi connectivity index (χ0) is 27.4. The second-order valence-corrected chi connectivity index (χ2v) is 11.1. The molecule has 0 N–H and O–H groups in total. The minimum absolute atomic E-state index is 1.19. The Morgan fingerprint density at radius 2 is 0.800 bits per heavy atom. The smallest absolute Gasteiger partial charge is 0.0528 e. The molecule has 0 saturated carbocycles. The Hall–Kier alpha value is -4.82. The van der Waals surface area contributed by atoms with Crippen LogP contribution in [0.3, 0.4) is 0 Å². The van der Waals surface area contributed by atoms with E-state index in [0.717, 1.165) is 0 Å². The molecule has 7 rings (SSSR count). The highest BCUT2D eigenvalue weighted by Gasteiger charge is 2.12. The number of fused-ring (bicyclic) bond motifs is 2. The molecule has 2 nitrogen and oxygen atoms in total. The van der Waals surface area contributed by atoms with Gasteiger partial charge in [-0.25, -0.2) is 0 Å². The van der Waals surface area contributed by atoms with Crippen molar-refractivity contribution in [2.24, 2.45) is 0 Å². The van der Waals surface area contributed by atoms with Gasteiger partial charge < -0.3 is 9.13 Å². The van der Waals surface area contributed by atoms with Crippen LogP contribution in [0.1, 0.15) is 22.3 Å². The summed E-state index contributed by atoms with van der Waals surface area (Å²) in [4.78, 5) is 0. The van der Waals surface area contributed by atoms with Crippen molar-refractivity contribution in [2.45, 2.75) is 27.7 Å². The van der Waals surface area contributed by atoms with E-state index in [1.807, 2.05) is 0 Å². The molecular formula is C38H32N2. The molecule has 2 aromatic heterocycles. The molecule has 0 atom stereocenters. The normalized spacial score (nSPS) is 11.5. The van der Waals surface area contributed by atoms with E-state index in [-0.39, 0.29) is 0 Å². The van der Waals surface area contributed by atoms with E-state index in [0.29, 0.717) is 0 Å². The summed E-state index contributed by atoms with van der Waals surface area (Å²) in [6.07, 6.45) is 4.34. The van der Waals surface area contributed by atoms with Crippen LogP contribution in [0.4, 0.5) is 0 Å². The summed E-state index contributed by atoms with van der Waals surface area (Å²) in [7, 11) is 0. The van der Waals surface area contributed by atoms with Crippen molar-refractivity contribution in [3.8, 4) is 33.6 Å². The molecule has 2 heteroatoms. The van der Waals surface area contributed by atoms with Gasteiger partial charge in [-0.15, -0.1) is 0 Å². The van der Waals surface area contributed by atoms with E-state index in [4.69, 9.17) is 0 Å². The third-order valence-electron chi connectivity index (χ3n) is 8.20. The highest BCUT2D eigenvalue weighted by Crippen LogP contribution is 2.35. The molecule has 0 aliphatic carbocycles. The Balaban J connectivity index is 1.23. The third-order valence-corrected chi connectivity index (χ3v) is 8.20. The van der Waals surface area contributed by atoms with E-state index in [9.17, 15) is 0 Å². The monoisotopic (exact) mass is 516 g/mol. The minimum atomic E-state index is 1.19. The fourth-order valence-corrected chi connectivity index (χ4v) is 5.92. The van der Waals surface area contributed by atoms with Gasteiger partial charge in [0.15, 0.2) is 0 Å². The highest BCUT2D eigenvalue weighted by molar-refractivity contribution is 5.90. The molecule has 0 amide bonds. The van der Waals surface area contributed by atoms with Crippen LogP contribution in [-0.4, -0.2) is 9.13 Å². The second kappa shape index (κ2) is 9.43. The topological polar surface area (TPSA) is 9.86 Å². The lowest BCUT2D eigenvalue weighted by atomic mass is 9.91. The number of aromatic nitrogens is 2. The van der Waals surface area contributed by atoms with Crippen LogP contribution in [0.2, 0.25) is 0 Å². The van der Waals surface area contributed by atoms with E-state index in [2.05, 4.69) is 158 Å².